The van der Waals surface area contributed by atoms with Crippen LogP contribution in [0.5, 0.6) is 5.75 Å². The molecule has 1 aliphatic rings. The Kier molecular flexibility index (Phi) is 8.31. The minimum Gasteiger partial charge on any atom is -0.406 e. The van der Waals surface area contributed by atoms with Crippen LogP contribution in [0.1, 0.15) is 12.8 Å². The minimum atomic E-state index is -4.69. The molecule has 1 aromatic rings. The van der Waals surface area contributed by atoms with E-state index >= 15 is 0 Å². The molecule has 3 N–H and O–H groups in total. The van der Waals surface area contributed by atoms with E-state index in [2.05, 4.69) is 15.0 Å². The number of alkyl halides is 3. The van der Waals surface area contributed by atoms with E-state index < -0.39 is 6.36 Å². The van der Waals surface area contributed by atoms with Gasteiger partial charge in [0, 0.05) is 12.2 Å². The van der Waals surface area contributed by atoms with Gasteiger partial charge in [-0.1, -0.05) is 0 Å². The first-order valence-corrected chi connectivity index (χ1v) is 8.08. The van der Waals surface area contributed by atoms with Crippen molar-refractivity contribution in [2.45, 2.75) is 19.2 Å². The fraction of sp³-hybridized carbons (Fsp3) is 0.500. The first kappa shape index (κ1) is 20.2. The number of rotatable bonds is 4. The number of benzene rings is 1. The van der Waals surface area contributed by atoms with Crippen LogP contribution in [-0.4, -0.2) is 30.4 Å². The van der Waals surface area contributed by atoms with Crippen molar-refractivity contribution in [3.8, 4) is 5.75 Å². The van der Waals surface area contributed by atoms with E-state index in [-0.39, 0.29) is 35.7 Å². The lowest BCUT2D eigenvalue weighted by atomic mass is 10.1. The van der Waals surface area contributed by atoms with Gasteiger partial charge in [-0.25, -0.2) is 0 Å². The molecule has 0 bridgehead atoms. The highest BCUT2D eigenvalue weighted by Gasteiger charge is 2.30. The zero-order valence-electron chi connectivity index (χ0n) is 12.3. The van der Waals surface area contributed by atoms with Gasteiger partial charge < -0.3 is 15.8 Å². The van der Waals surface area contributed by atoms with Crippen molar-refractivity contribution in [2.75, 3.05) is 23.4 Å². The lowest BCUT2D eigenvalue weighted by Crippen LogP contribution is -2.24. The molecule has 1 fully saturated rings. The quantitative estimate of drug-likeness (QED) is 0.403. The van der Waals surface area contributed by atoms with E-state index in [9.17, 15) is 13.2 Å². The molecule has 0 spiro atoms. The number of ether oxygens (including phenoxy) is 1. The molecule has 0 radical (unpaired) electrons. The topological polar surface area (TPSA) is 59.6 Å². The predicted octanol–water partition coefficient (Wildman–Crippen LogP) is 4.07. The molecule has 9 heteroatoms. The van der Waals surface area contributed by atoms with Gasteiger partial charge in [-0.15, -0.1) is 37.1 Å². The highest BCUT2D eigenvalue weighted by molar-refractivity contribution is 14.0. The Morgan fingerprint density at radius 2 is 2.04 bits per heavy atom. The number of nitrogens with two attached hydrogens (primary N) is 1. The summed E-state index contributed by atoms with van der Waals surface area (Å²) in [6.07, 6.45) is -2.32. The summed E-state index contributed by atoms with van der Waals surface area (Å²) in [6.45, 7) is 0.668. The largest absolute Gasteiger partial charge is 0.573 e. The molecular formula is C14H19F3IN3OS. The molecule has 23 heavy (non-hydrogen) atoms. The summed E-state index contributed by atoms with van der Waals surface area (Å²) in [5, 5.41) is 2.86. The van der Waals surface area contributed by atoms with Gasteiger partial charge >= 0.3 is 6.36 Å². The highest BCUT2D eigenvalue weighted by atomic mass is 127. The summed E-state index contributed by atoms with van der Waals surface area (Å²) in [7, 11) is 0. The van der Waals surface area contributed by atoms with Crippen molar-refractivity contribution in [3.05, 3.63) is 24.3 Å². The molecular weight excluding hydrogens is 442 g/mol. The molecule has 1 saturated heterocycles. The molecule has 1 atom stereocenters. The predicted molar refractivity (Wildman–Crippen MR) is 98.7 cm³/mol. The van der Waals surface area contributed by atoms with Crippen molar-refractivity contribution in [2.24, 2.45) is 16.6 Å². The van der Waals surface area contributed by atoms with E-state index in [0.29, 0.717) is 18.2 Å². The molecule has 2 rings (SSSR count). The smallest absolute Gasteiger partial charge is 0.406 e. The lowest BCUT2D eigenvalue weighted by molar-refractivity contribution is -0.274. The first-order valence-electron chi connectivity index (χ1n) is 6.93. The monoisotopic (exact) mass is 461 g/mol. The number of nitrogens with one attached hydrogen (secondary N) is 1. The molecule has 4 nitrogen and oxygen atoms in total. The van der Waals surface area contributed by atoms with Gasteiger partial charge in [0.2, 0.25) is 0 Å². The molecule has 0 amide bonds. The van der Waals surface area contributed by atoms with Crippen molar-refractivity contribution < 1.29 is 17.9 Å². The Balaban J connectivity index is 0.00000264. The molecule has 1 heterocycles. The zero-order valence-corrected chi connectivity index (χ0v) is 15.5. The van der Waals surface area contributed by atoms with E-state index in [0.717, 1.165) is 12.2 Å². The van der Waals surface area contributed by atoms with Gasteiger partial charge in [0.1, 0.15) is 5.75 Å². The third kappa shape index (κ3) is 8.00. The SMILES string of the molecule is I.NC(=NCC1CCCSC1)Nc1ccc(OC(F)(F)F)cc1. The third-order valence-corrected chi connectivity index (χ3v) is 4.42. The Hall–Kier alpha value is -0.840. The maximum Gasteiger partial charge on any atom is 0.573 e. The molecule has 1 unspecified atom stereocenters. The maximum absolute atomic E-state index is 12.1. The standard InChI is InChI=1S/C14H18F3N3OS.HI/c15-14(16,17)21-12-5-3-11(4-6-12)20-13(18)19-8-10-2-1-7-22-9-10;/h3-6,10H,1-2,7-9H2,(H3,18,19,20);1H. The number of halogens is 4. The van der Waals surface area contributed by atoms with Crippen LogP contribution >= 0.6 is 35.7 Å². The fourth-order valence-electron chi connectivity index (χ4n) is 2.11. The van der Waals surface area contributed by atoms with Crippen molar-refractivity contribution in [1.82, 2.24) is 0 Å². The average Bonchev–Trinajstić information content (AvgIpc) is 2.47. The van der Waals surface area contributed by atoms with E-state index in [4.69, 9.17) is 5.73 Å². The van der Waals surface area contributed by atoms with Gasteiger partial charge in [-0.2, -0.15) is 11.8 Å². The van der Waals surface area contributed by atoms with Gasteiger partial charge in [0.15, 0.2) is 5.96 Å². The van der Waals surface area contributed by atoms with E-state index in [1.807, 2.05) is 11.8 Å². The summed E-state index contributed by atoms with van der Waals surface area (Å²) in [5.41, 5.74) is 6.35. The molecule has 1 aromatic carbocycles. The number of nitrogens with zero attached hydrogens (tertiary/aromatic N) is 1. The Labute approximate surface area is 154 Å². The number of anilines is 1. The maximum atomic E-state index is 12.1. The summed E-state index contributed by atoms with van der Waals surface area (Å²) in [4.78, 5) is 4.28. The second kappa shape index (κ2) is 9.45. The summed E-state index contributed by atoms with van der Waals surface area (Å²) >= 11 is 1.93. The van der Waals surface area contributed by atoms with Crippen LogP contribution in [0, 0.1) is 5.92 Å². The second-order valence-electron chi connectivity index (χ2n) is 5.01. The van der Waals surface area contributed by atoms with Crippen molar-refractivity contribution in [1.29, 1.82) is 0 Å². The molecule has 0 aliphatic carbocycles. The van der Waals surface area contributed by atoms with Crippen LogP contribution in [-0.2, 0) is 0 Å². The number of hydrogen-bond donors (Lipinski definition) is 2. The van der Waals surface area contributed by atoms with Gasteiger partial charge in [0.25, 0.3) is 0 Å². The van der Waals surface area contributed by atoms with Crippen molar-refractivity contribution in [3.63, 3.8) is 0 Å². The van der Waals surface area contributed by atoms with Crippen LogP contribution in [0.3, 0.4) is 0 Å². The number of thioether (sulfide) groups is 1. The molecule has 0 aromatic heterocycles. The van der Waals surface area contributed by atoms with E-state index in [1.165, 1.54) is 36.4 Å². The number of guanidine groups is 1. The Morgan fingerprint density at radius 3 is 2.61 bits per heavy atom. The molecule has 1 aliphatic heterocycles. The van der Waals surface area contributed by atoms with Crippen LogP contribution < -0.4 is 15.8 Å². The van der Waals surface area contributed by atoms with E-state index in [1.54, 1.807) is 0 Å². The van der Waals surface area contributed by atoms with Gasteiger partial charge in [0.05, 0.1) is 0 Å². The lowest BCUT2D eigenvalue weighted by Gasteiger charge is -2.19. The van der Waals surface area contributed by atoms with Crippen LogP contribution in [0.25, 0.3) is 0 Å². The molecule has 130 valence electrons. The summed E-state index contributed by atoms with van der Waals surface area (Å²) < 4.78 is 39.9. The highest BCUT2D eigenvalue weighted by Crippen LogP contribution is 2.24. The summed E-state index contributed by atoms with van der Waals surface area (Å²) in [6, 6.07) is 5.36. The Morgan fingerprint density at radius 1 is 1.35 bits per heavy atom. The normalized spacial score (nSPS) is 18.9. The Bertz CT molecular complexity index is 505. The zero-order chi connectivity index (χ0) is 16.0. The third-order valence-electron chi connectivity index (χ3n) is 3.13. The van der Waals surface area contributed by atoms with Crippen LogP contribution in [0.2, 0.25) is 0 Å². The second-order valence-corrected chi connectivity index (χ2v) is 6.16. The molecule has 0 saturated carbocycles. The minimum absolute atomic E-state index is 0. The van der Waals surface area contributed by atoms with Crippen LogP contribution in [0.4, 0.5) is 18.9 Å². The van der Waals surface area contributed by atoms with Crippen LogP contribution in [0.15, 0.2) is 29.3 Å². The average molecular weight is 461 g/mol. The fourth-order valence-corrected chi connectivity index (χ4v) is 3.25. The van der Waals surface area contributed by atoms with Crippen molar-refractivity contribution >= 4 is 47.4 Å². The number of hydrogen-bond acceptors (Lipinski definition) is 3. The summed E-state index contributed by atoms with van der Waals surface area (Å²) in [5.74, 6) is 2.84. The number of aliphatic imine (C=N–C) groups is 1. The van der Waals surface area contributed by atoms with Gasteiger partial charge in [-0.3, -0.25) is 4.99 Å². The first-order chi connectivity index (χ1) is 10.4. The van der Waals surface area contributed by atoms with Gasteiger partial charge in [-0.05, 0) is 54.5 Å².